The lowest BCUT2D eigenvalue weighted by molar-refractivity contribution is -0.126. The van der Waals surface area contributed by atoms with E-state index >= 15 is 0 Å². The number of rotatable bonds is 6. The molecule has 1 N–H and O–H groups in total. The van der Waals surface area contributed by atoms with E-state index in [-0.39, 0.29) is 17.8 Å². The minimum atomic E-state index is -0.224. The quantitative estimate of drug-likeness (QED) is 0.858. The molecule has 1 aliphatic carbocycles. The van der Waals surface area contributed by atoms with Gasteiger partial charge in [-0.05, 0) is 43.9 Å². The number of piperazine rings is 1. The summed E-state index contributed by atoms with van der Waals surface area (Å²) in [5, 5.41) is 3.02. The lowest BCUT2D eigenvalue weighted by atomic mass is 10.1. The summed E-state index contributed by atoms with van der Waals surface area (Å²) in [6.07, 6.45) is 6.17. The summed E-state index contributed by atoms with van der Waals surface area (Å²) in [4.78, 5) is 17.3. The first-order valence-corrected chi connectivity index (χ1v) is 9.64. The van der Waals surface area contributed by atoms with E-state index < -0.39 is 0 Å². The van der Waals surface area contributed by atoms with Crippen LogP contribution in [0, 0.1) is 5.82 Å². The number of nitrogens with one attached hydrogen (secondary N) is 1. The van der Waals surface area contributed by atoms with Gasteiger partial charge in [0.25, 0.3) is 0 Å². The van der Waals surface area contributed by atoms with Gasteiger partial charge in [0.15, 0.2) is 0 Å². The van der Waals surface area contributed by atoms with Crippen molar-refractivity contribution in [2.75, 3.05) is 32.7 Å². The van der Waals surface area contributed by atoms with Gasteiger partial charge in [-0.3, -0.25) is 14.6 Å². The second-order valence-corrected chi connectivity index (χ2v) is 7.35. The first kappa shape index (κ1) is 18.3. The van der Waals surface area contributed by atoms with E-state index in [1.54, 1.807) is 12.1 Å². The Morgan fingerprint density at radius 1 is 1.16 bits per heavy atom. The Labute approximate surface area is 150 Å². The molecule has 0 spiro atoms. The third-order valence-electron chi connectivity index (χ3n) is 5.74. The number of hydrogen-bond donors (Lipinski definition) is 1. The highest BCUT2D eigenvalue weighted by Gasteiger charge is 2.29. The van der Waals surface area contributed by atoms with Gasteiger partial charge in [0.2, 0.25) is 5.91 Å². The highest BCUT2D eigenvalue weighted by Crippen LogP contribution is 2.24. The molecule has 25 heavy (non-hydrogen) atoms. The molecule has 1 aliphatic heterocycles. The summed E-state index contributed by atoms with van der Waals surface area (Å²) in [5.74, 6) is -0.130. The Hall–Kier alpha value is -1.46. The Morgan fingerprint density at radius 3 is 2.44 bits per heavy atom. The lowest BCUT2D eigenvalue weighted by Gasteiger charge is -2.40. The predicted octanol–water partition coefficient (Wildman–Crippen LogP) is 2.43. The van der Waals surface area contributed by atoms with Gasteiger partial charge in [-0.1, -0.05) is 25.0 Å². The van der Waals surface area contributed by atoms with E-state index in [4.69, 9.17) is 0 Å². The van der Waals surface area contributed by atoms with Crippen molar-refractivity contribution in [1.29, 1.82) is 0 Å². The van der Waals surface area contributed by atoms with Crippen LogP contribution in [-0.4, -0.2) is 60.5 Å². The number of carbonyl (C=O) groups excluding carboxylic acids is 1. The van der Waals surface area contributed by atoms with Gasteiger partial charge in [0.05, 0.1) is 6.04 Å². The van der Waals surface area contributed by atoms with Crippen LogP contribution in [0.2, 0.25) is 0 Å². The van der Waals surface area contributed by atoms with Crippen LogP contribution in [0.5, 0.6) is 0 Å². The molecule has 1 aromatic carbocycles. The summed E-state index contributed by atoms with van der Waals surface area (Å²) >= 11 is 0. The van der Waals surface area contributed by atoms with Crippen LogP contribution >= 0.6 is 0 Å². The van der Waals surface area contributed by atoms with Gasteiger partial charge in [-0.25, -0.2) is 4.39 Å². The van der Waals surface area contributed by atoms with Gasteiger partial charge in [-0.2, -0.15) is 0 Å². The molecule has 0 radical (unpaired) electrons. The summed E-state index contributed by atoms with van der Waals surface area (Å²) < 4.78 is 12.9. The van der Waals surface area contributed by atoms with Gasteiger partial charge < -0.3 is 5.32 Å². The van der Waals surface area contributed by atoms with Crippen molar-refractivity contribution in [3.63, 3.8) is 0 Å². The maximum Gasteiger partial charge on any atom is 0.237 e. The van der Waals surface area contributed by atoms with E-state index in [2.05, 4.69) is 15.1 Å². The van der Waals surface area contributed by atoms with Crippen LogP contribution in [0.25, 0.3) is 0 Å². The SMILES string of the molecule is CC(C(=O)NCCc1ccc(F)cc1)N1CCN(C2CCCC2)CC1. The van der Waals surface area contributed by atoms with Crippen molar-refractivity contribution in [2.24, 2.45) is 0 Å². The first-order valence-electron chi connectivity index (χ1n) is 9.64. The van der Waals surface area contributed by atoms with Crippen LogP contribution < -0.4 is 5.32 Å². The highest BCUT2D eigenvalue weighted by atomic mass is 19.1. The van der Waals surface area contributed by atoms with Crippen LogP contribution in [0.15, 0.2) is 24.3 Å². The maximum absolute atomic E-state index is 12.9. The number of hydrogen-bond acceptors (Lipinski definition) is 3. The van der Waals surface area contributed by atoms with Crippen molar-refractivity contribution in [1.82, 2.24) is 15.1 Å². The molecule has 0 bridgehead atoms. The van der Waals surface area contributed by atoms with Gasteiger partial charge in [0.1, 0.15) is 5.82 Å². The van der Waals surface area contributed by atoms with Crippen LogP contribution in [0.4, 0.5) is 4.39 Å². The highest BCUT2D eigenvalue weighted by molar-refractivity contribution is 5.81. The van der Waals surface area contributed by atoms with Crippen molar-refractivity contribution in [3.8, 4) is 0 Å². The number of benzene rings is 1. The monoisotopic (exact) mass is 347 g/mol. The van der Waals surface area contributed by atoms with E-state index in [1.165, 1.54) is 37.8 Å². The van der Waals surface area contributed by atoms with Crippen molar-refractivity contribution >= 4 is 5.91 Å². The van der Waals surface area contributed by atoms with E-state index in [1.807, 2.05) is 6.92 Å². The third-order valence-corrected chi connectivity index (χ3v) is 5.74. The molecule has 1 amide bonds. The number of amides is 1. The molecule has 2 aliphatic rings. The van der Waals surface area contributed by atoms with Crippen LogP contribution in [0.1, 0.15) is 38.2 Å². The van der Waals surface area contributed by atoms with Crippen LogP contribution in [-0.2, 0) is 11.2 Å². The molecule has 1 atom stereocenters. The molecule has 1 saturated carbocycles. The van der Waals surface area contributed by atoms with Crippen LogP contribution in [0.3, 0.4) is 0 Å². The van der Waals surface area contributed by atoms with E-state index in [9.17, 15) is 9.18 Å². The van der Waals surface area contributed by atoms with E-state index in [0.717, 1.165) is 44.2 Å². The summed E-state index contributed by atoms with van der Waals surface area (Å²) in [5.41, 5.74) is 1.04. The minimum Gasteiger partial charge on any atom is -0.354 e. The van der Waals surface area contributed by atoms with Crippen molar-refractivity contribution < 1.29 is 9.18 Å². The zero-order valence-corrected chi connectivity index (χ0v) is 15.2. The van der Waals surface area contributed by atoms with Gasteiger partial charge in [-0.15, -0.1) is 0 Å². The molecular weight excluding hydrogens is 317 g/mol. The fourth-order valence-corrected chi connectivity index (χ4v) is 4.05. The second kappa shape index (κ2) is 8.77. The fourth-order valence-electron chi connectivity index (χ4n) is 4.05. The number of nitrogens with zero attached hydrogens (tertiary/aromatic N) is 2. The Balaban J connectivity index is 1.38. The Morgan fingerprint density at radius 2 is 1.80 bits per heavy atom. The van der Waals surface area contributed by atoms with Gasteiger partial charge in [0, 0.05) is 38.8 Å². The van der Waals surface area contributed by atoms with Crippen molar-refractivity contribution in [2.45, 2.75) is 51.1 Å². The minimum absolute atomic E-state index is 0.0843. The molecule has 1 saturated heterocycles. The zero-order valence-electron chi connectivity index (χ0n) is 15.2. The topological polar surface area (TPSA) is 35.6 Å². The fraction of sp³-hybridized carbons (Fsp3) is 0.650. The largest absolute Gasteiger partial charge is 0.354 e. The predicted molar refractivity (Wildman–Crippen MR) is 98.0 cm³/mol. The zero-order chi connectivity index (χ0) is 17.6. The molecule has 2 fully saturated rings. The molecule has 3 rings (SSSR count). The summed E-state index contributed by atoms with van der Waals surface area (Å²) in [6, 6.07) is 7.16. The molecule has 1 heterocycles. The molecular formula is C20H30FN3O. The normalized spacial score (nSPS) is 21.4. The average molecular weight is 347 g/mol. The maximum atomic E-state index is 12.9. The molecule has 1 aromatic rings. The average Bonchev–Trinajstić information content (AvgIpc) is 3.17. The third kappa shape index (κ3) is 5.02. The Bertz CT molecular complexity index is 549. The second-order valence-electron chi connectivity index (χ2n) is 7.35. The summed E-state index contributed by atoms with van der Waals surface area (Å²) in [7, 11) is 0. The molecule has 138 valence electrons. The standard InChI is InChI=1S/C20H30FN3O/c1-16(20(25)22-11-10-17-6-8-18(21)9-7-17)23-12-14-24(15-13-23)19-4-2-3-5-19/h6-9,16,19H,2-5,10-15H2,1H3,(H,22,25). The van der Waals surface area contributed by atoms with E-state index in [0.29, 0.717) is 6.54 Å². The lowest BCUT2D eigenvalue weighted by Crippen LogP contribution is -2.55. The molecule has 1 unspecified atom stereocenters. The summed E-state index contributed by atoms with van der Waals surface area (Å²) in [6.45, 7) is 6.71. The smallest absolute Gasteiger partial charge is 0.237 e. The Kier molecular flexibility index (Phi) is 6.43. The molecule has 0 aromatic heterocycles. The number of halogens is 1. The first-order chi connectivity index (χ1) is 12.1. The van der Waals surface area contributed by atoms with Crippen molar-refractivity contribution in [3.05, 3.63) is 35.6 Å². The molecule has 4 nitrogen and oxygen atoms in total. The number of carbonyl (C=O) groups is 1. The molecule has 5 heteroatoms. The van der Waals surface area contributed by atoms with Gasteiger partial charge >= 0.3 is 0 Å².